The summed E-state index contributed by atoms with van der Waals surface area (Å²) < 4.78 is 7.44. The summed E-state index contributed by atoms with van der Waals surface area (Å²) >= 11 is 1.24. The number of para-hydroxylation sites is 3. The van der Waals surface area contributed by atoms with Gasteiger partial charge in [0.25, 0.3) is 5.56 Å². The second-order valence-corrected chi connectivity index (χ2v) is 8.98. The van der Waals surface area contributed by atoms with Gasteiger partial charge in [-0.25, -0.2) is 4.98 Å². The predicted octanol–water partition coefficient (Wildman–Crippen LogP) is 5.93. The molecule has 0 saturated carbocycles. The van der Waals surface area contributed by atoms with Crippen LogP contribution in [0.5, 0.6) is 11.5 Å². The highest BCUT2D eigenvalue weighted by atomic mass is 32.2. The maximum absolute atomic E-state index is 13.5. The lowest BCUT2D eigenvalue weighted by atomic mass is 10.2. The van der Waals surface area contributed by atoms with E-state index in [9.17, 15) is 9.59 Å². The van der Waals surface area contributed by atoms with E-state index in [4.69, 9.17) is 9.72 Å². The van der Waals surface area contributed by atoms with Gasteiger partial charge >= 0.3 is 0 Å². The summed E-state index contributed by atoms with van der Waals surface area (Å²) in [6, 6.07) is 33.4. The van der Waals surface area contributed by atoms with Crippen LogP contribution >= 0.6 is 11.8 Å². The van der Waals surface area contributed by atoms with Crippen LogP contribution in [0.15, 0.2) is 119 Å². The normalized spacial score (nSPS) is 10.8. The van der Waals surface area contributed by atoms with E-state index in [0.29, 0.717) is 27.5 Å². The minimum atomic E-state index is -0.191. The number of fused-ring (bicyclic) bond motifs is 1. The van der Waals surface area contributed by atoms with Crippen molar-refractivity contribution < 1.29 is 9.53 Å². The third-order valence-corrected chi connectivity index (χ3v) is 6.58. The summed E-state index contributed by atoms with van der Waals surface area (Å²) in [5.74, 6) is 1.42. The van der Waals surface area contributed by atoms with E-state index in [0.717, 1.165) is 11.4 Å². The van der Waals surface area contributed by atoms with Gasteiger partial charge in [-0.15, -0.1) is 0 Å². The Hall–Kier alpha value is -4.36. The van der Waals surface area contributed by atoms with Crippen molar-refractivity contribution in [2.45, 2.75) is 5.16 Å². The molecule has 5 aromatic rings. The van der Waals surface area contributed by atoms with Crippen LogP contribution in [0.1, 0.15) is 0 Å². The second kappa shape index (κ2) is 10.5. The molecule has 0 aliphatic carbocycles. The van der Waals surface area contributed by atoms with Gasteiger partial charge in [0.1, 0.15) is 11.5 Å². The van der Waals surface area contributed by atoms with Crippen molar-refractivity contribution in [3.63, 3.8) is 0 Å². The average molecular weight is 494 g/mol. The quantitative estimate of drug-likeness (QED) is 0.208. The Morgan fingerprint density at radius 1 is 0.833 bits per heavy atom. The van der Waals surface area contributed by atoms with Gasteiger partial charge in [0.15, 0.2) is 5.16 Å². The summed E-state index contributed by atoms with van der Waals surface area (Å²) in [5.41, 5.74) is 1.85. The van der Waals surface area contributed by atoms with E-state index in [-0.39, 0.29) is 17.2 Å². The van der Waals surface area contributed by atoms with E-state index in [2.05, 4.69) is 0 Å². The van der Waals surface area contributed by atoms with Crippen LogP contribution in [0.2, 0.25) is 0 Å². The minimum Gasteiger partial charge on any atom is -0.457 e. The smallest absolute Gasteiger partial charge is 0.266 e. The fraction of sp³-hybridized carbons (Fsp3) is 0.0690. The van der Waals surface area contributed by atoms with E-state index >= 15 is 0 Å². The number of anilines is 1. The third kappa shape index (κ3) is 5.01. The lowest BCUT2D eigenvalue weighted by molar-refractivity contribution is -0.115. The average Bonchev–Trinajstić information content (AvgIpc) is 2.93. The molecule has 0 aliphatic heterocycles. The Bertz CT molecular complexity index is 1550. The van der Waals surface area contributed by atoms with E-state index in [1.165, 1.54) is 11.8 Å². The molecule has 0 bridgehead atoms. The van der Waals surface area contributed by atoms with Gasteiger partial charge < -0.3 is 9.64 Å². The van der Waals surface area contributed by atoms with Gasteiger partial charge in [-0.3, -0.25) is 14.2 Å². The monoisotopic (exact) mass is 493 g/mol. The molecule has 0 N–H and O–H groups in total. The Kier molecular flexibility index (Phi) is 6.82. The Morgan fingerprint density at radius 3 is 2.17 bits per heavy atom. The van der Waals surface area contributed by atoms with Gasteiger partial charge in [-0.1, -0.05) is 60.3 Å². The molecule has 7 heteroatoms. The first kappa shape index (κ1) is 23.4. The van der Waals surface area contributed by atoms with Gasteiger partial charge in [-0.05, 0) is 60.7 Å². The predicted molar refractivity (Wildman–Crippen MR) is 144 cm³/mol. The van der Waals surface area contributed by atoms with Crippen LogP contribution in [-0.4, -0.2) is 28.3 Å². The number of thioether (sulfide) groups is 1. The van der Waals surface area contributed by atoms with E-state index in [1.54, 1.807) is 28.6 Å². The number of benzene rings is 4. The molecule has 6 nitrogen and oxygen atoms in total. The van der Waals surface area contributed by atoms with Crippen molar-refractivity contribution in [3.05, 3.63) is 120 Å². The van der Waals surface area contributed by atoms with Crippen molar-refractivity contribution in [2.75, 3.05) is 17.7 Å². The second-order valence-electron chi connectivity index (χ2n) is 8.04. The summed E-state index contributed by atoms with van der Waals surface area (Å²) in [6.07, 6.45) is 0. The lowest BCUT2D eigenvalue weighted by Gasteiger charge is -2.18. The number of hydrogen-bond acceptors (Lipinski definition) is 5. The topological polar surface area (TPSA) is 64.4 Å². The maximum atomic E-state index is 13.5. The van der Waals surface area contributed by atoms with Gasteiger partial charge in [0, 0.05) is 12.7 Å². The standard InChI is InChI=1S/C29H23N3O3S/c1-31(21-10-4-2-5-11-21)27(33)20-36-29-30-26-15-9-8-14-25(26)28(34)32(29)22-16-18-24(19-17-22)35-23-12-6-3-7-13-23/h2-19H,20H2,1H3. The zero-order valence-corrected chi connectivity index (χ0v) is 20.4. The first-order chi connectivity index (χ1) is 17.6. The number of rotatable bonds is 7. The molecule has 0 radical (unpaired) electrons. The Morgan fingerprint density at radius 2 is 1.44 bits per heavy atom. The lowest BCUT2D eigenvalue weighted by Crippen LogP contribution is -2.28. The van der Waals surface area contributed by atoms with Crippen molar-refractivity contribution in [1.29, 1.82) is 0 Å². The number of ether oxygens (including phenoxy) is 1. The maximum Gasteiger partial charge on any atom is 0.266 e. The molecular formula is C29H23N3O3S. The van der Waals surface area contributed by atoms with Crippen LogP contribution in [0.25, 0.3) is 16.6 Å². The van der Waals surface area contributed by atoms with E-state index in [1.807, 2.05) is 97.1 Å². The summed E-state index contributed by atoms with van der Waals surface area (Å²) in [4.78, 5) is 32.7. The largest absolute Gasteiger partial charge is 0.457 e. The Labute approximate surface area is 212 Å². The number of hydrogen-bond donors (Lipinski definition) is 0. The molecule has 0 aliphatic rings. The molecule has 36 heavy (non-hydrogen) atoms. The van der Waals surface area contributed by atoms with Gasteiger partial charge in [0.2, 0.25) is 5.91 Å². The minimum absolute atomic E-state index is 0.0910. The van der Waals surface area contributed by atoms with Gasteiger partial charge in [0.05, 0.1) is 22.3 Å². The van der Waals surface area contributed by atoms with Crippen LogP contribution in [0, 0.1) is 0 Å². The molecule has 4 aromatic carbocycles. The molecule has 5 rings (SSSR count). The van der Waals surface area contributed by atoms with Gasteiger partial charge in [-0.2, -0.15) is 0 Å². The highest BCUT2D eigenvalue weighted by Gasteiger charge is 2.17. The summed E-state index contributed by atoms with van der Waals surface area (Å²) in [6.45, 7) is 0. The molecule has 0 fully saturated rings. The molecular weight excluding hydrogens is 470 g/mol. The third-order valence-electron chi connectivity index (χ3n) is 5.66. The molecule has 0 saturated heterocycles. The van der Waals surface area contributed by atoms with Crippen LogP contribution in [0.3, 0.4) is 0 Å². The van der Waals surface area contributed by atoms with Crippen molar-refractivity contribution >= 4 is 34.3 Å². The first-order valence-electron chi connectivity index (χ1n) is 11.4. The molecule has 1 amide bonds. The van der Waals surface area contributed by atoms with Crippen molar-refractivity contribution in [2.24, 2.45) is 0 Å². The highest BCUT2D eigenvalue weighted by Crippen LogP contribution is 2.26. The molecule has 178 valence electrons. The number of carbonyl (C=O) groups is 1. The fourth-order valence-electron chi connectivity index (χ4n) is 3.74. The number of carbonyl (C=O) groups excluding carboxylic acids is 1. The zero-order valence-electron chi connectivity index (χ0n) is 19.6. The van der Waals surface area contributed by atoms with Crippen LogP contribution in [0.4, 0.5) is 5.69 Å². The molecule has 1 heterocycles. The summed E-state index contributed by atoms with van der Waals surface area (Å²) in [7, 11) is 1.74. The molecule has 0 unspecified atom stereocenters. The van der Waals surface area contributed by atoms with E-state index < -0.39 is 0 Å². The summed E-state index contributed by atoms with van der Waals surface area (Å²) in [5, 5.41) is 0.962. The van der Waals surface area contributed by atoms with Crippen molar-refractivity contribution in [1.82, 2.24) is 9.55 Å². The highest BCUT2D eigenvalue weighted by molar-refractivity contribution is 7.99. The Balaban J connectivity index is 1.46. The number of amides is 1. The number of aromatic nitrogens is 2. The van der Waals surface area contributed by atoms with Crippen LogP contribution in [-0.2, 0) is 4.79 Å². The molecule has 1 aromatic heterocycles. The SMILES string of the molecule is CN(C(=O)CSc1nc2ccccc2c(=O)n1-c1ccc(Oc2ccccc2)cc1)c1ccccc1. The van der Waals surface area contributed by atoms with Crippen molar-refractivity contribution in [3.8, 4) is 17.2 Å². The molecule has 0 atom stereocenters. The fourth-order valence-corrected chi connectivity index (χ4v) is 4.67. The zero-order chi connectivity index (χ0) is 24.9. The first-order valence-corrected chi connectivity index (χ1v) is 12.4. The molecule has 0 spiro atoms. The van der Waals surface area contributed by atoms with Crippen LogP contribution < -0.4 is 15.2 Å². The number of nitrogens with zero attached hydrogens (tertiary/aromatic N) is 3.